The summed E-state index contributed by atoms with van der Waals surface area (Å²) in [5.74, 6) is -0.557. The molecule has 1 N–H and O–H groups in total. The molecule has 0 aliphatic rings. The highest BCUT2D eigenvalue weighted by molar-refractivity contribution is 5.96. The van der Waals surface area contributed by atoms with E-state index in [0.29, 0.717) is 11.3 Å². The number of amides is 1. The predicted octanol–water partition coefficient (Wildman–Crippen LogP) is 4.21. The van der Waals surface area contributed by atoms with Gasteiger partial charge in [-0.1, -0.05) is 39.0 Å². The number of nitrogens with one attached hydrogen (secondary N) is 1. The number of carbonyl (C=O) groups is 2. The standard InChI is InChI=1S/C22H23N3O3/c1-22(2,3)21(27)24-18-7-4-6-17(14-18)20(26)28-15-16-8-10-19(11-9-16)25-13-5-12-23-25/h4-14H,15H2,1-3H3,(H,24,27). The van der Waals surface area contributed by atoms with Gasteiger partial charge >= 0.3 is 5.97 Å². The van der Waals surface area contributed by atoms with Crippen LogP contribution in [0.15, 0.2) is 67.0 Å². The summed E-state index contributed by atoms with van der Waals surface area (Å²) < 4.78 is 7.16. The van der Waals surface area contributed by atoms with Gasteiger partial charge in [0.15, 0.2) is 0 Å². The maximum absolute atomic E-state index is 12.4. The topological polar surface area (TPSA) is 73.2 Å². The lowest BCUT2D eigenvalue weighted by atomic mass is 9.95. The summed E-state index contributed by atoms with van der Waals surface area (Å²) in [5.41, 5.74) is 2.25. The molecular weight excluding hydrogens is 354 g/mol. The molecular formula is C22H23N3O3. The second-order valence-corrected chi connectivity index (χ2v) is 7.48. The van der Waals surface area contributed by atoms with Crippen LogP contribution in [0.1, 0.15) is 36.7 Å². The van der Waals surface area contributed by atoms with Gasteiger partial charge in [0.25, 0.3) is 0 Å². The number of aromatic nitrogens is 2. The van der Waals surface area contributed by atoms with Crippen LogP contribution >= 0.6 is 0 Å². The van der Waals surface area contributed by atoms with Crippen molar-refractivity contribution in [2.75, 3.05) is 5.32 Å². The van der Waals surface area contributed by atoms with Crippen LogP contribution in [0, 0.1) is 5.41 Å². The zero-order chi connectivity index (χ0) is 20.1. The molecule has 0 aliphatic heterocycles. The molecule has 6 heteroatoms. The van der Waals surface area contributed by atoms with E-state index in [1.54, 1.807) is 35.1 Å². The molecule has 1 aromatic heterocycles. The summed E-state index contributed by atoms with van der Waals surface area (Å²) in [5, 5.41) is 6.99. The van der Waals surface area contributed by atoms with Gasteiger partial charge in [-0.3, -0.25) is 4.79 Å². The van der Waals surface area contributed by atoms with E-state index in [4.69, 9.17) is 4.74 Å². The normalized spacial score (nSPS) is 11.1. The fourth-order valence-corrected chi connectivity index (χ4v) is 2.44. The molecule has 0 bridgehead atoms. The van der Waals surface area contributed by atoms with E-state index in [1.165, 1.54) is 0 Å². The first kappa shape index (κ1) is 19.4. The maximum Gasteiger partial charge on any atom is 0.338 e. The lowest BCUT2D eigenvalue weighted by Gasteiger charge is -2.17. The summed E-state index contributed by atoms with van der Waals surface area (Å²) in [6.07, 6.45) is 3.58. The highest BCUT2D eigenvalue weighted by atomic mass is 16.5. The summed E-state index contributed by atoms with van der Waals surface area (Å²) in [6, 6.07) is 16.2. The van der Waals surface area contributed by atoms with Crippen molar-refractivity contribution >= 4 is 17.6 Å². The SMILES string of the molecule is CC(C)(C)C(=O)Nc1cccc(C(=O)OCc2ccc(-n3cccn3)cc2)c1. The van der Waals surface area contributed by atoms with Crippen molar-refractivity contribution in [3.63, 3.8) is 0 Å². The average Bonchev–Trinajstić information content (AvgIpc) is 3.21. The van der Waals surface area contributed by atoms with Crippen molar-refractivity contribution < 1.29 is 14.3 Å². The third-order valence-corrected chi connectivity index (χ3v) is 4.11. The number of anilines is 1. The van der Waals surface area contributed by atoms with Gasteiger partial charge in [0.2, 0.25) is 5.91 Å². The van der Waals surface area contributed by atoms with Gasteiger partial charge in [0.1, 0.15) is 6.61 Å². The molecule has 2 aromatic carbocycles. The Bertz CT molecular complexity index is 955. The highest BCUT2D eigenvalue weighted by Crippen LogP contribution is 2.19. The van der Waals surface area contributed by atoms with Gasteiger partial charge in [-0.05, 0) is 42.0 Å². The predicted molar refractivity (Wildman–Crippen MR) is 107 cm³/mol. The van der Waals surface area contributed by atoms with E-state index in [9.17, 15) is 9.59 Å². The van der Waals surface area contributed by atoms with Crippen LogP contribution in [-0.4, -0.2) is 21.7 Å². The third kappa shape index (κ3) is 4.85. The van der Waals surface area contributed by atoms with E-state index in [0.717, 1.165) is 11.3 Å². The molecule has 0 radical (unpaired) electrons. The second kappa shape index (κ2) is 8.08. The number of nitrogens with zero attached hydrogens (tertiary/aromatic N) is 2. The summed E-state index contributed by atoms with van der Waals surface area (Å²) in [4.78, 5) is 24.5. The quantitative estimate of drug-likeness (QED) is 0.676. The van der Waals surface area contributed by atoms with E-state index in [1.807, 2.05) is 57.3 Å². The Labute approximate surface area is 164 Å². The Morgan fingerprint density at radius 2 is 1.82 bits per heavy atom. The molecule has 1 amide bonds. The first-order chi connectivity index (χ1) is 13.3. The van der Waals surface area contributed by atoms with Gasteiger partial charge in [-0.15, -0.1) is 0 Å². The molecule has 0 atom stereocenters. The van der Waals surface area contributed by atoms with Crippen LogP contribution in [0.25, 0.3) is 5.69 Å². The molecule has 0 spiro atoms. The van der Waals surface area contributed by atoms with E-state index >= 15 is 0 Å². The van der Waals surface area contributed by atoms with Gasteiger partial charge < -0.3 is 10.1 Å². The number of hydrogen-bond acceptors (Lipinski definition) is 4. The molecule has 144 valence electrons. The van der Waals surface area contributed by atoms with Crippen LogP contribution in [0.4, 0.5) is 5.69 Å². The largest absolute Gasteiger partial charge is 0.457 e. The van der Waals surface area contributed by atoms with Crippen molar-refractivity contribution in [3.8, 4) is 5.69 Å². The zero-order valence-corrected chi connectivity index (χ0v) is 16.2. The third-order valence-electron chi connectivity index (χ3n) is 4.11. The minimum Gasteiger partial charge on any atom is -0.457 e. The fraction of sp³-hybridized carbons (Fsp3) is 0.227. The molecule has 0 unspecified atom stereocenters. The molecule has 0 saturated carbocycles. The summed E-state index contributed by atoms with van der Waals surface area (Å²) in [6.45, 7) is 5.66. The van der Waals surface area contributed by atoms with Crippen molar-refractivity contribution in [1.29, 1.82) is 0 Å². The van der Waals surface area contributed by atoms with Gasteiger partial charge in [-0.2, -0.15) is 5.10 Å². The Balaban J connectivity index is 1.60. The number of esters is 1. The highest BCUT2D eigenvalue weighted by Gasteiger charge is 2.21. The Kier molecular flexibility index (Phi) is 5.59. The molecule has 3 aromatic rings. The number of hydrogen-bond donors (Lipinski definition) is 1. The Hall–Kier alpha value is -3.41. The van der Waals surface area contributed by atoms with Crippen LogP contribution in [0.5, 0.6) is 0 Å². The fourth-order valence-electron chi connectivity index (χ4n) is 2.44. The van der Waals surface area contributed by atoms with Gasteiger partial charge in [0, 0.05) is 23.5 Å². The Morgan fingerprint density at radius 3 is 2.46 bits per heavy atom. The van der Waals surface area contributed by atoms with Crippen molar-refractivity contribution in [3.05, 3.63) is 78.1 Å². The molecule has 3 rings (SSSR count). The van der Waals surface area contributed by atoms with Gasteiger partial charge in [-0.25, -0.2) is 9.48 Å². The molecule has 0 saturated heterocycles. The summed E-state index contributed by atoms with van der Waals surface area (Å²) in [7, 11) is 0. The van der Waals surface area contributed by atoms with E-state index in [-0.39, 0.29) is 12.5 Å². The summed E-state index contributed by atoms with van der Waals surface area (Å²) >= 11 is 0. The average molecular weight is 377 g/mol. The molecule has 6 nitrogen and oxygen atoms in total. The number of rotatable bonds is 5. The monoisotopic (exact) mass is 377 g/mol. The molecule has 28 heavy (non-hydrogen) atoms. The second-order valence-electron chi connectivity index (χ2n) is 7.48. The van der Waals surface area contributed by atoms with Crippen LogP contribution in [-0.2, 0) is 16.1 Å². The number of carbonyl (C=O) groups excluding carboxylic acids is 2. The zero-order valence-electron chi connectivity index (χ0n) is 16.2. The van der Waals surface area contributed by atoms with Gasteiger partial charge in [0.05, 0.1) is 11.3 Å². The number of benzene rings is 2. The lowest BCUT2D eigenvalue weighted by molar-refractivity contribution is -0.123. The lowest BCUT2D eigenvalue weighted by Crippen LogP contribution is -2.27. The van der Waals surface area contributed by atoms with Crippen molar-refractivity contribution in [2.45, 2.75) is 27.4 Å². The first-order valence-corrected chi connectivity index (χ1v) is 9.00. The Morgan fingerprint density at radius 1 is 1.07 bits per heavy atom. The van der Waals surface area contributed by atoms with E-state index < -0.39 is 11.4 Å². The van der Waals surface area contributed by atoms with Crippen molar-refractivity contribution in [1.82, 2.24) is 9.78 Å². The number of ether oxygens (including phenoxy) is 1. The van der Waals surface area contributed by atoms with Crippen LogP contribution in [0.2, 0.25) is 0 Å². The van der Waals surface area contributed by atoms with Crippen molar-refractivity contribution in [2.24, 2.45) is 5.41 Å². The van der Waals surface area contributed by atoms with Crippen LogP contribution < -0.4 is 5.32 Å². The van der Waals surface area contributed by atoms with E-state index in [2.05, 4.69) is 10.4 Å². The first-order valence-electron chi connectivity index (χ1n) is 9.00. The van der Waals surface area contributed by atoms with Crippen LogP contribution in [0.3, 0.4) is 0 Å². The minimum atomic E-state index is -0.515. The smallest absolute Gasteiger partial charge is 0.338 e. The minimum absolute atomic E-state index is 0.115. The molecule has 0 aliphatic carbocycles. The molecule has 0 fully saturated rings. The molecule has 1 heterocycles. The maximum atomic E-state index is 12.4.